The van der Waals surface area contributed by atoms with E-state index in [1.807, 2.05) is 18.2 Å². The number of H-pyrrole nitrogens is 1. The van der Waals surface area contributed by atoms with Gasteiger partial charge in [-0.1, -0.05) is 6.08 Å². The normalized spacial score (nSPS) is 20.1. The van der Waals surface area contributed by atoms with Crippen LogP contribution in [-0.4, -0.2) is 59.2 Å². The highest BCUT2D eigenvalue weighted by Crippen LogP contribution is 2.36. The minimum atomic E-state index is -0.375. The number of fused-ring (bicyclic) bond motifs is 1. The van der Waals surface area contributed by atoms with Crippen LogP contribution in [0.15, 0.2) is 30.6 Å². The Morgan fingerprint density at radius 3 is 2.97 bits per heavy atom. The molecule has 0 saturated carbocycles. The lowest BCUT2D eigenvalue weighted by Gasteiger charge is -2.35. The van der Waals surface area contributed by atoms with Crippen molar-refractivity contribution in [1.29, 1.82) is 0 Å². The van der Waals surface area contributed by atoms with E-state index in [4.69, 9.17) is 14.5 Å². The minimum Gasteiger partial charge on any atom is -0.377 e. The smallest absolute Gasteiger partial charge is 0.151 e. The predicted molar refractivity (Wildman–Crippen MR) is 108 cm³/mol. The second kappa shape index (κ2) is 7.53. The van der Waals surface area contributed by atoms with Crippen LogP contribution in [0.1, 0.15) is 18.9 Å². The summed E-state index contributed by atoms with van der Waals surface area (Å²) in [4.78, 5) is 11.4. The number of pyridine rings is 2. The Kier molecular flexibility index (Phi) is 4.73. The SMILES string of the molecule is C[C@@H]1COCCN1c1cc(C2=CCOCC2)c2c(F)cnc(-c3ccn[nH]3)c2n1. The number of rotatable bonds is 3. The second-order valence-corrected chi connectivity index (χ2v) is 7.35. The van der Waals surface area contributed by atoms with Gasteiger partial charge in [0.2, 0.25) is 0 Å². The number of nitrogens with one attached hydrogen (secondary N) is 1. The lowest BCUT2D eigenvalue weighted by molar-refractivity contribution is 0.0985. The molecule has 0 spiro atoms. The molecular formula is C21H22FN5O2. The Balaban J connectivity index is 1.78. The quantitative estimate of drug-likeness (QED) is 0.734. The molecule has 2 aliphatic heterocycles. The highest BCUT2D eigenvalue weighted by atomic mass is 19.1. The van der Waals surface area contributed by atoms with Crippen molar-refractivity contribution in [1.82, 2.24) is 20.2 Å². The van der Waals surface area contributed by atoms with Gasteiger partial charge in [-0.15, -0.1) is 0 Å². The summed E-state index contributed by atoms with van der Waals surface area (Å²) in [6, 6.07) is 4.00. The summed E-state index contributed by atoms with van der Waals surface area (Å²) in [7, 11) is 0. The van der Waals surface area contributed by atoms with Crippen LogP contribution in [0.5, 0.6) is 0 Å². The molecule has 5 heterocycles. The van der Waals surface area contributed by atoms with Crippen molar-refractivity contribution in [3.63, 3.8) is 0 Å². The fraction of sp³-hybridized carbons (Fsp3) is 0.381. The third-order valence-electron chi connectivity index (χ3n) is 5.50. The minimum absolute atomic E-state index is 0.183. The number of ether oxygens (including phenoxy) is 2. The zero-order valence-electron chi connectivity index (χ0n) is 16.2. The summed E-state index contributed by atoms with van der Waals surface area (Å²) >= 11 is 0. The third kappa shape index (κ3) is 3.28. The second-order valence-electron chi connectivity index (χ2n) is 7.35. The van der Waals surface area contributed by atoms with Crippen LogP contribution in [0.4, 0.5) is 10.2 Å². The summed E-state index contributed by atoms with van der Waals surface area (Å²) in [5, 5.41) is 7.44. The summed E-state index contributed by atoms with van der Waals surface area (Å²) in [6.45, 7) is 5.29. The molecule has 0 radical (unpaired) electrons. The van der Waals surface area contributed by atoms with Gasteiger partial charge in [-0.05, 0) is 36.6 Å². The molecule has 0 aromatic carbocycles. The monoisotopic (exact) mass is 395 g/mol. The predicted octanol–water partition coefficient (Wildman–Crippen LogP) is 3.19. The Hall–Kier alpha value is -2.84. The van der Waals surface area contributed by atoms with Crippen LogP contribution in [0.25, 0.3) is 27.9 Å². The molecule has 1 atom stereocenters. The van der Waals surface area contributed by atoms with Crippen LogP contribution in [-0.2, 0) is 9.47 Å². The molecule has 29 heavy (non-hydrogen) atoms. The number of halogens is 1. The number of anilines is 1. The van der Waals surface area contributed by atoms with E-state index in [2.05, 4.69) is 27.0 Å². The first kappa shape index (κ1) is 18.2. The zero-order valence-corrected chi connectivity index (χ0v) is 16.2. The maximum absolute atomic E-state index is 15.1. The molecule has 3 aromatic rings. The summed E-state index contributed by atoms with van der Waals surface area (Å²) in [6.07, 6.45) is 5.68. The number of hydrogen-bond acceptors (Lipinski definition) is 6. The topological polar surface area (TPSA) is 76.2 Å². The molecular weight excluding hydrogens is 373 g/mol. The van der Waals surface area contributed by atoms with Crippen LogP contribution in [0.2, 0.25) is 0 Å². The van der Waals surface area contributed by atoms with E-state index in [1.54, 1.807) is 6.20 Å². The first-order valence-electron chi connectivity index (χ1n) is 9.83. The fourth-order valence-corrected chi connectivity index (χ4v) is 4.02. The Bertz CT molecular complexity index is 1070. The Morgan fingerprint density at radius 1 is 1.28 bits per heavy atom. The molecule has 5 rings (SSSR count). The molecule has 3 aromatic heterocycles. The highest BCUT2D eigenvalue weighted by Gasteiger charge is 2.25. The molecule has 0 amide bonds. The Morgan fingerprint density at radius 2 is 2.21 bits per heavy atom. The van der Waals surface area contributed by atoms with E-state index >= 15 is 4.39 Å². The first-order chi connectivity index (χ1) is 14.2. The van der Waals surface area contributed by atoms with Gasteiger partial charge in [-0.25, -0.2) is 14.4 Å². The van der Waals surface area contributed by atoms with Gasteiger partial charge in [0.05, 0.1) is 44.4 Å². The maximum Gasteiger partial charge on any atom is 0.151 e. The van der Waals surface area contributed by atoms with E-state index in [0.29, 0.717) is 48.7 Å². The number of morpholine rings is 1. The number of nitrogens with zero attached hydrogens (tertiary/aromatic N) is 4. The average molecular weight is 395 g/mol. The van der Waals surface area contributed by atoms with Crippen LogP contribution < -0.4 is 4.90 Å². The number of aromatic nitrogens is 4. The van der Waals surface area contributed by atoms with Gasteiger partial charge < -0.3 is 14.4 Å². The fourth-order valence-electron chi connectivity index (χ4n) is 4.02. The molecule has 0 unspecified atom stereocenters. The van der Waals surface area contributed by atoms with Crippen molar-refractivity contribution in [2.75, 3.05) is 37.9 Å². The zero-order chi connectivity index (χ0) is 19.8. The van der Waals surface area contributed by atoms with Gasteiger partial charge >= 0.3 is 0 Å². The van der Waals surface area contributed by atoms with Gasteiger partial charge in [0, 0.05) is 18.1 Å². The largest absolute Gasteiger partial charge is 0.377 e. The van der Waals surface area contributed by atoms with Crippen molar-refractivity contribution in [2.24, 2.45) is 0 Å². The van der Waals surface area contributed by atoms with E-state index < -0.39 is 0 Å². The lowest BCUT2D eigenvalue weighted by atomic mass is 9.96. The molecule has 1 saturated heterocycles. The average Bonchev–Trinajstić information content (AvgIpc) is 3.29. The lowest BCUT2D eigenvalue weighted by Crippen LogP contribution is -2.44. The molecule has 8 heteroatoms. The molecule has 150 valence electrons. The molecule has 0 aliphatic carbocycles. The molecule has 2 aliphatic rings. The standard InChI is InChI=1S/C21H22FN5O2/c1-13-12-29-9-6-27(13)18-10-15(14-3-7-28-8-4-14)19-16(22)11-23-20(21(19)25-18)17-2-5-24-26-17/h2-3,5,10-11,13H,4,6-9,12H2,1H3,(H,24,26)/t13-/m1/s1. The Labute approximate surface area is 167 Å². The van der Waals surface area contributed by atoms with Crippen molar-refractivity contribution < 1.29 is 13.9 Å². The van der Waals surface area contributed by atoms with Gasteiger partial charge in [0.1, 0.15) is 17.0 Å². The van der Waals surface area contributed by atoms with Crippen molar-refractivity contribution in [3.05, 3.63) is 42.0 Å². The highest BCUT2D eigenvalue weighted by molar-refractivity contribution is 5.99. The van der Waals surface area contributed by atoms with Crippen molar-refractivity contribution in [3.8, 4) is 11.4 Å². The number of aromatic amines is 1. The van der Waals surface area contributed by atoms with E-state index in [1.165, 1.54) is 6.20 Å². The van der Waals surface area contributed by atoms with E-state index in [9.17, 15) is 0 Å². The van der Waals surface area contributed by atoms with Crippen LogP contribution >= 0.6 is 0 Å². The maximum atomic E-state index is 15.1. The van der Waals surface area contributed by atoms with Crippen LogP contribution in [0, 0.1) is 5.82 Å². The number of hydrogen-bond donors (Lipinski definition) is 1. The summed E-state index contributed by atoms with van der Waals surface area (Å²) in [5.74, 6) is 0.434. The molecule has 7 nitrogen and oxygen atoms in total. The van der Waals surface area contributed by atoms with E-state index in [-0.39, 0.29) is 11.9 Å². The van der Waals surface area contributed by atoms with Gasteiger partial charge in [-0.2, -0.15) is 5.10 Å². The van der Waals surface area contributed by atoms with Gasteiger partial charge in [0.15, 0.2) is 5.82 Å². The molecule has 1 fully saturated rings. The third-order valence-corrected chi connectivity index (χ3v) is 5.50. The van der Waals surface area contributed by atoms with Crippen molar-refractivity contribution in [2.45, 2.75) is 19.4 Å². The first-order valence-corrected chi connectivity index (χ1v) is 9.83. The van der Waals surface area contributed by atoms with Gasteiger partial charge in [0.25, 0.3) is 0 Å². The van der Waals surface area contributed by atoms with Crippen molar-refractivity contribution >= 4 is 22.3 Å². The molecule has 1 N–H and O–H groups in total. The molecule has 0 bridgehead atoms. The summed E-state index contributed by atoms with van der Waals surface area (Å²) in [5.41, 5.74) is 3.77. The van der Waals surface area contributed by atoms with E-state index in [0.717, 1.165) is 29.9 Å². The van der Waals surface area contributed by atoms with Gasteiger partial charge in [-0.3, -0.25) is 5.10 Å². The summed E-state index contributed by atoms with van der Waals surface area (Å²) < 4.78 is 26.1. The van der Waals surface area contributed by atoms with Crippen LogP contribution in [0.3, 0.4) is 0 Å².